The number of rotatable bonds is 23. The molecule has 2 fully saturated rings. The third kappa shape index (κ3) is 13.1. The summed E-state index contributed by atoms with van der Waals surface area (Å²) in [6, 6.07) is -0.813. The minimum atomic E-state index is -1.77. The van der Waals surface area contributed by atoms with Gasteiger partial charge in [-0.1, -0.05) is 84.5 Å². The van der Waals surface area contributed by atoms with E-state index in [1.165, 1.54) is 0 Å². The molecule has 2 saturated heterocycles. The lowest BCUT2D eigenvalue weighted by Crippen LogP contribution is -2.65. The Kier molecular flexibility index (Phi) is 20.2. The van der Waals surface area contributed by atoms with Gasteiger partial charge in [-0.15, -0.1) is 0 Å². The van der Waals surface area contributed by atoms with Gasteiger partial charge in [-0.2, -0.15) is 0 Å². The van der Waals surface area contributed by atoms with Crippen LogP contribution in [0.4, 0.5) is 0 Å². The van der Waals surface area contributed by atoms with Crippen LogP contribution in [0.2, 0.25) is 0 Å². The normalized spacial score (nSPS) is 33.1. The molecule has 2 rings (SSSR count). The highest BCUT2D eigenvalue weighted by Gasteiger charge is 2.50. The van der Waals surface area contributed by atoms with Crippen LogP contribution in [0.1, 0.15) is 104 Å². The first kappa shape index (κ1) is 41.2. The first-order valence-corrected chi connectivity index (χ1v) is 17.3. The first-order valence-electron chi connectivity index (χ1n) is 17.3. The molecule has 9 N–H and O–H groups in total. The van der Waals surface area contributed by atoms with Gasteiger partial charge in [0.15, 0.2) is 12.6 Å². The summed E-state index contributed by atoms with van der Waals surface area (Å²) in [5.41, 5.74) is 0. The molecule has 0 saturated carbocycles. The van der Waals surface area contributed by atoms with Crippen molar-refractivity contribution in [1.29, 1.82) is 0 Å². The number of carbonyl (C=O) groups is 1. The molecule has 14 heteroatoms. The van der Waals surface area contributed by atoms with E-state index in [0.29, 0.717) is 12.8 Å². The van der Waals surface area contributed by atoms with Crippen LogP contribution in [-0.2, 0) is 23.7 Å². The third-order valence-electron chi connectivity index (χ3n) is 8.82. The van der Waals surface area contributed by atoms with Crippen molar-refractivity contribution in [1.82, 2.24) is 5.32 Å². The molecule has 0 spiro atoms. The van der Waals surface area contributed by atoms with Crippen LogP contribution < -0.4 is 5.32 Å². The molecule has 12 atom stereocenters. The number of nitrogens with one attached hydrogen (secondary N) is 1. The van der Waals surface area contributed by atoms with Crippen molar-refractivity contribution in [3.63, 3.8) is 0 Å². The Morgan fingerprint density at radius 2 is 1.24 bits per heavy atom. The van der Waals surface area contributed by atoms with Crippen LogP contribution in [0, 0.1) is 0 Å². The Balaban J connectivity index is 2.00. The second-order valence-electron chi connectivity index (χ2n) is 12.7. The summed E-state index contributed by atoms with van der Waals surface area (Å²) in [5, 5.41) is 85.5. The van der Waals surface area contributed by atoms with Crippen molar-refractivity contribution in [2.45, 2.75) is 177 Å². The predicted octanol–water partition coefficient (Wildman–Crippen LogP) is -0.0260. The first-order chi connectivity index (χ1) is 22.1. The zero-order valence-electron chi connectivity index (χ0n) is 27.6. The second kappa shape index (κ2) is 22.6. The number of unbranched alkanes of at least 4 members (excludes halogenated alkanes) is 10. The fraction of sp³-hybridized carbons (Fsp3) is 0.969. The SMILES string of the molecule is CCCCCCCCC(=O)NC(COC1OC(CO)C(OC2OC(CO)C(O)C(O)C2O)C(O)C1O)C(O)CCCCCCCC. The Morgan fingerprint density at radius 1 is 0.696 bits per heavy atom. The number of aliphatic hydroxyl groups is 8. The maximum Gasteiger partial charge on any atom is 0.220 e. The van der Waals surface area contributed by atoms with Crippen molar-refractivity contribution < 1.29 is 64.6 Å². The standard InChI is InChI=1S/C32H61NO13/c1-3-5-7-9-11-13-15-21(36)20(33-24(37)16-14-12-10-8-6-4-2)19-43-31-29(42)27(40)30(23(18-35)45-31)46-32-28(41)26(39)25(38)22(17-34)44-32/h20-23,25-32,34-36,38-42H,3-19H2,1-2H3,(H,33,37). The summed E-state index contributed by atoms with van der Waals surface area (Å²) < 4.78 is 22.4. The van der Waals surface area contributed by atoms with E-state index in [1.807, 2.05) is 0 Å². The van der Waals surface area contributed by atoms with Crippen molar-refractivity contribution in [2.75, 3.05) is 19.8 Å². The zero-order chi connectivity index (χ0) is 34.1. The summed E-state index contributed by atoms with van der Waals surface area (Å²) in [6.07, 6.45) is -3.57. The number of carbonyl (C=O) groups excluding carboxylic acids is 1. The predicted molar refractivity (Wildman–Crippen MR) is 166 cm³/mol. The summed E-state index contributed by atoms with van der Waals surface area (Å²) in [7, 11) is 0. The maximum atomic E-state index is 12.8. The van der Waals surface area contributed by atoms with Crippen molar-refractivity contribution in [2.24, 2.45) is 0 Å². The molecule has 272 valence electrons. The van der Waals surface area contributed by atoms with Crippen molar-refractivity contribution >= 4 is 5.91 Å². The molecule has 46 heavy (non-hydrogen) atoms. The van der Waals surface area contributed by atoms with Crippen LogP contribution in [0.25, 0.3) is 0 Å². The van der Waals surface area contributed by atoms with Crippen LogP contribution in [-0.4, -0.2) is 140 Å². The number of amides is 1. The van der Waals surface area contributed by atoms with Crippen molar-refractivity contribution in [3.05, 3.63) is 0 Å². The average molecular weight is 668 g/mol. The number of hydrogen-bond acceptors (Lipinski definition) is 13. The molecule has 0 aromatic rings. The van der Waals surface area contributed by atoms with Gasteiger partial charge in [-0.05, 0) is 12.8 Å². The molecular weight excluding hydrogens is 606 g/mol. The molecule has 2 heterocycles. The Morgan fingerprint density at radius 3 is 1.85 bits per heavy atom. The Bertz CT molecular complexity index is 806. The number of ether oxygens (including phenoxy) is 4. The van der Waals surface area contributed by atoms with Gasteiger partial charge >= 0.3 is 0 Å². The largest absolute Gasteiger partial charge is 0.394 e. The molecule has 0 aromatic carbocycles. The average Bonchev–Trinajstić information content (AvgIpc) is 3.05. The van der Waals surface area contributed by atoms with Crippen LogP contribution >= 0.6 is 0 Å². The summed E-state index contributed by atoms with van der Waals surface area (Å²) in [6.45, 7) is 2.64. The molecule has 0 aromatic heterocycles. The molecule has 0 radical (unpaired) electrons. The van der Waals surface area contributed by atoms with Crippen LogP contribution in [0.3, 0.4) is 0 Å². The summed E-state index contributed by atoms with van der Waals surface area (Å²) in [4.78, 5) is 12.8. The van der Waals surface area contributed by atoms with Crippen LogP contribution in [0.5, 0.6) is 0 Å². The Hall–Kier alpha value is -1.01. The molecule has 1 amide bonds. The lowest BCUT2D eigenvalue weighted by atomic mass is 9.97. The minimum Gasteiger partial charge on any atom is -0.394 e. The molecule has 14 nitrogen and oxygen atoms in total. The smallest absolute Gasteiger partial charge is 0.220 e. The third-order valence-corrected chi connectivity index (χ3v) is 8.82. The van der Waals surface area contributed by atoms with Gasteiger partial charge in [0.1, 0.15) is 48.8 Å². The fourth-order valence-corrected chi connectivity index (χ4v) is 5.82. The molecule has 0 bridgehead atoms. The summed E-state index contributed by atoms with van der Waals surface area (Å²) in [5.74, 6) is -0.225. The van der Waals surface area contributed by atoms with Crippen LogP contribution in [0.15, 0.2) is 0 Å². The maximum absolute atomic E-state index is 12.8. The van der Waals surface area contributed by atoms with Gasteiger partial charge in [-0.25, -0.2) is 0 Å². The van der Waals surface area contributed by atoms with Gasteiger partial charge in [0.05, 0.1) is 32.0 Å². The fourth-order valence-electron chi connectivity index (χ4n) is 5.82. The van der Waals surface area contributed by atoms with E-state index >= 15 is 0 Å². The minimum absolute atomic E-state index is 0.225. The lowest BCUT2D eigenvalue weighted by molar-refractivity contribution is -0.359. The highest BCUT2D eigenvalue weighted by molar-refractivity contribution is 5.76. The molecule has 2 aliphatic rings. The van der Waals surface area contributed by atoms with E-state index in [2.05, 4.69) is 19.2 Å². The van der Waals surface area contributed by atoms with Gasteiger partial charge in [-0.3, -0.25) is 4.79 Å². The van der Waals surface area contributed by atoms with Gasteiger partial charge in [0, 0.05) is 6.42 Å². The summed E-state index contributed by atoms with van der Waals surface area (Å²) >= 11 is 0. The van der Waals surface area contributed by atoms with E-state index in [9.17, 15) is 45.6 Å². The monoisotopic (exact) mass is 667 g/mol. The Labute approximate surface area is 273 Å². The van der Waals surface area contributed by atoms with E-state index in [4.69, 9.17) is 18.9 Å². The zero-order valence-corrected chi connectivity index (χ0v) is 27.6. The highest BCUT2D eigenvalue weighted by atomic mass is 16.7. The highest BCUT2D eigenvalue weighted by Crippen LogP contribution is 2.29. The second-order valence-corrected chi connectivity index (χ2v) is 12.7. The van der Waals surface area contributed by atoms with E-state index in [0.717, 1.165) is 77.0 Å². The van der Waals surface area contributed by atoms with Gasteiger partial charge in [0.25, 0.3) is 0 Å². The van der Waals surface area contributed by atoms with Gasteiger partial charge < -0.3 is 65.1 Å². The molecule has 2 aliphatic heterocycles. The van der Waals surface area contributed by atoms with E-state index in [-0.39, 0.29) is 12.5 Å². The van der Waals surface area contributed by atoms with Crippen molar-refractivity contribution in [3.8, 4) is 0 Å². The number of hydrogen-bond donors (Lipinski definition) is 9. The topological polar surface area (TPSA) is 228 Å². The number of aliphatic hydroxyl groups excluding tert-OH is 8. The molecule has 12 unspecified atom stereocenters. The quantitative estimate of drug-likeness (QED) is 0.0654. The molecule has 0 aliphatic carbocycles. The van der Waals surface area contributed by atoms with E-state index in [1.54, 1.807) is 0 Å². The van der Waals surface area contributed by atoms with E-state index < -0.39 is 86.8 Å². The van der Waals surface area contributed by atoms with Gasteiger partial charge in [0.2, 0.25) is 5.91 Å². The lowest BCUT2D eigenvalue weighted by Gasteiger charge is -2.46. The molecular formula is C32H61NO13.